The normalized spacial score (nSPS) is 10.5. The summed E-state index contributed by atoms with van der Waals surface area (Å²) in [5, 5.41) is 3.00. The second kappa shape index (κ2) is 8.63. The Morgan fingerprint density at radius 2 is 2.21 bits per heavy atom. The maximum absolute atomic E-state index is 12.1. The van der Waals surface area contributed by atoms with Crippen molar-refractivity contribution in [3.05, 3.63) is 45.3 Å². The summed E-state index contributed by atoms with van der Waals surface area (Å²) in [6.07, 6.45) is 3.43. The molecule has 2 heterocycles. The molecule has 0 aliphatic rings. The third-order valence-corrected chi connectivity index (χ3v) is 3.81. The van der Waals surface area contributed by atoms with Crippen molar-refractivity contribution in [1.82, 2.24) is 9.55 Å². The van der Waals surface area contributed by atoms with Gasteiger partial charge < -0.3 is 14.6 Å². The Morgan fingerprint density at radius 1 is 1.42 bits per heavy atom. The molecule has 2 rings (SSSR count). The zero-order chi connectivity index (χ0) is 17.5. The van der Waals surface area contributed by atoms with Crippen LogP contribution in [0.4, 0.5) is 11.5 Å². The lowest BCUT2D eigenvalue weighted by molar-refractivity contribution is -0.118. The highest BCUT2D eigenvalue weighted by Crippen LogP contribution is 2.18. The van der Waals surface area contributed by atoms with Crippen molar-refractivity contribution in [2.75, 3.05) is 11.9 Å². The van der Waals surface area contributed by atoms with Gasteiger partial charge in [-0.25, -0.2) is 0 Å². The van der Waals surface area contributed by atoms with Gasteiger partial charge in [-0.1, -0.05) is 13.0 Å². The molecule has 2 aromatic rings. The summed E-state index contributed by atoms with van der Waals surface area (Å²) >= 11 is 3.36. The number of rotatable bonds is 8. The Labute approximate surface area is 149 Å². The van der Waals surface area contributed by atoms with Gasteiger partial charge in [0.05, 0.1) is 6.61 Å². The SMILES string of the molecule is CCC(=O)CCCOc1cccc(Nc2cc(Br)cn(C)c2=O)n1. The fraction of sp³-hybridized carbons (Fsp3) is 0.353. The minimum atomic E-state index is -0.149. The Bertz CT molecular complexity index is 774. The lowest BCUT2D eigenvalue weighted by atomic mass is 10.2. The van der Waals surface area contributed by atoms with E-state index in [-0.39, 0.29) is 11.3 Å². The summed E-state index contributed by atoms with van der Waals surface area (Å²) in [7, 11) is 1.68. The minimum Gasteiger partial charge on any atom is -0.478 e. The van der Waals surface area contributed by atoms with Crippen LogP contribution in [0.1, 0.15) is 26.2 Å². The van der Waals surface area contributed by atoms with E-state index in [1.807, 2.05) is 6.92 Å². The summed E-state index contributed by atoms with van der Waals surface area (Å²) in [6.45, 7) is 2.28. The molecule has 0 spiro atoms. The molecule has 0 atom stereocenters. The van der Waals surface area contributed by atoms with E-state index >= 15 is 0 Å². The van der Waals surface area contributed by atoms with E-state index < -0.39 is 0 Å². The molecule has 0 amide bonds. The van der Waals surface area contributed by atoms with Crippen molar-refractivity contribution in [1.29, 1.82) is 0 Å². The van der Waals surface area contributed by atoms with Crippen molar-refractivity contribution < 1.29 is 9.53 Å². The highest BCUT2D eigenvalue weighted by Gasteiger charge is 2.06. The molecule has 128 valence electrons. The van der Waals surface area contributed by atoms with E-state index in [2.05, 4.69) is 26.2 Å². The molecule has 0 saturated heterocycles. The number of nitrogens with one attached hydrogen (secondary N) is 1. The third kappa shape index (κ3) is 5.19. The topological polar surface area (TPSA) is 73.2 Å². The van der Waals surface area contributed by atoms with E-state index in [0.29, 0.717) is 43.3 Å². The zero-order valence-corrected chi connectivity index (χ0v) is 15.3. The van der Waals surface area contributed by atoms with Gasteiger partial charge in [-0.3, -0.25) is 9.59 Å². The number of nitrogens with zero attached hydrogens (tertiary/aromatic N) is 2. The van der Waals surface area contributed by atoms with Crippen LogP contribution < -0.4 is 15.6 Å². The number of ketones is 1. The molecule has 0 fully saturated rings. The number of hydrogen-bond acceptors (Lipinski definition) is 5. The molecule has 0 unspecified atom stereocenters. The van der Waals surface area contributed by atoms with Crippen LogP contribution >= 0.6 is 15.9 Å². The quantitative estimate of drug-likeness (QED) is 0.695. The van der Waals surface area contributed by atoms with Gasteiger partial charge in [0.25, 0.3) is 5.56 Å². The van der Waals surface area contributed by atoms with Crippen molar-refractivity contribution in [3.63, 3.8) is 0 Å². The lowest BCUT2D eigenvalue weighted by Gasteiger charge is -2.09. The van der Waals surface area contributed by atoms with Crippen LogP contribution in [-0.4, -0.2) is 21.9 Å². The van der Waals surface area contributed by atoms with Gasteiger partial charge >= 0.3 is 0 Å². The molecule has 0 aliphatic carbocycles. The second-order valence-corrected chi connectivity index (χ2v) is 6.23. The molecule has 2 aromatic heterocycles. The van der Waals surface area contributed by atoms with Gasteiger partial charge in [0.1, 0.15) is 17.3 Å². The first kappa shape index (κ1) is 18.2. The van der Waals surface area contributed by atoms with Crippen LogP contribution in [0.5, 0.6) is 5.88 Å². The maximum Gasteiger partial charge on any atom is 0.274 e. The average molecular weight is 394 g/mol. The average Bonchev–Trinajstić information content (AvgIpc) is 2.56. The van der Waals surface area contributed by atoms with Crippen LogP contribution in [0, 0.1) is 0 Å². The van der Waals surface area contributed by atoms with Crippen LogP contribution in [0.3, 0.4) is 0 Å². The number of carbonyl (C=O) groups excluding carboxylic acids is 1. The number of anilines is 2. The van der Waals surface area contributed by atoms with E-state index in [1.54, 1.807) is 37.5 Å². The van der Waals surface area contributed by atoms with Crippen LogP contribution in [0.15, 0.2) is 39.7 Å². The molecule has 0 saturated carbocycles. The number of carbonyl (C=O) groups is 1. The molecule has 0 aliphatic heterocycles. The van der Waals surface area contributed by atoms with Crippen LogP contribution in [0.2, 0.25) is 0 Å². The van der Waals surface area contributed by atoms with E-state index in [4.69, 9.17) is 4.74 Å². The molecule has 7 heteroatoms. The Hall–Kier alpha value is -2.15. The van der Waals surface area contributed by atoms with Crippen molar-refractivity contribution in [2.24, 2.45) is 7.05 Å². The Kier molecular flexibility index (Phi) is 6.54. The number of ether oxygens (including phenoxy) is 1. The lowest BCUT2D eigenvalue weighted by Crippen LogP contribution is -2.19. The van der Waals surface area contributed by atoms with Gasteiger partial charge in [-0.15, -0.1) is 0 Å². The zero-order valence-electron chi connectivity index (χ0n) is 13.7. The first-order chi connectivity index (χ1) is 11.5. The highest BCUT2D eigenvalue weighted by molar-refractivity contribution is 9.10. The summed E-state index contributed by atoms with van der Waals surface area (Å²) in [4.78, 5) is 27.7. The van der Waals surface area contributed by atoms with Crippen LogP contribution in [0.25, 0.3) is 0 Å². The van der Waals surface area contributed by atoms with Gasteiger partial charge in [-0.05, 0) is 34.5 Å². The number of aryl methyl sites for hydroxylation is 1. The summed E-state index contributed by atoms with van der Waals surface area (Å²) in [5.41, 5.74) is 0.273. The minimum absolute atomic E-state index is 0.149. The smallest absolute Gasteiger partial charge is 0.274 e. The molecular formula is C17H20BrN3O3. The predicted molar refractivity (Wildman–Crippen MR) is 96.9 cm³/mol. The van der Waals surface area contributed by atoms with Crippen molar-refractivity contribution in [2.45, 2.75) is 26.2 Å². The number of aromatic nitrogens is 2. The van der Waals surface area contributed by atoms with Gasteiger partial charge in [0.2, 0.25) is 5.88 Å². The predicted octanol–water partition coefficient (Wildman–Crippen LogP) is 3.42. The number of Topliss-reactive ketones (excluding diaryl/α,β-unsaturated/α-hetero) is 1. The molecule has 0 aromatic carbocycles. The molecule has 1 N–H and O–H groups in total. The Balaban J connectivity index is 2.00. The maximum atomic E-state index is 12.1. The number of hydrogen-bond donors (Lipinski definition) is 1. The van der Waals surface area contributed by atoms with E-state index in [1.165, 1.54) is 4.57 Å². The monoisotopic (exact) mass is 393 g/mol. The van der Waals surface area contributed by atoms with Crippen molar-refractivity contribution >= 4 is 33.2 Å². The molecular weight excluding hydrogens is 374 g/mol. The van der Waals surface area contributed by atoms with Crippen LogP contribution in [-0.2, 0) is 11.8 Å². The fourth-order valence-electron chi connectivity index (χ4n) is 2.09. The molecule has 24 heavy (non-hydrogen) atoms. The standard InChI is InChI=1S/C17H20BrN3O3/c1-3-13(22)6-5-9-24-16-8-4-7-15(20-16)19-14-10-12(18)11-21(2)17(14)23/h4,7-8,10-11H,3,5-6,9H2,1-2H3,(H,19,20). The number of halogens is 1. The van der Waals surface area contributed by atoms with Gasteiger partial charge in [0, 0.05) is 36.6 Å². The summed E-state index contributed by atoms with van der Waals surface area (Å²) in [6, 6.07) is 7.00. The molecule has 0 bridgehead atoms. The van der Waals surface area contributed by atoms with Gasteiger partial charge in [-0.2, -0.15) is 4.98 Å². The fourth-order valence-corrected chi connectivity index (χ4v) is 2.62. The Morgan fingerprint density at radius 3 is 2.96 bits per heavy atom. The highest BCUT2D eigenvalue weighted by atomic mass is 79.9. The number of pyridine rings is 2. The van der Waals surface area contributed by atoms with E-state index in [0.717, 1.165) is 4.47 Å². The van der Waals surface area contributed by atoms with E-state index in [9.17, 15) is 9.59 Å². The van der Waals surface area contributed by atoms with Crippen molar-refractivity contribution in [3.8, 4) is 5.88 Å². The third-order valence-electron chi connectivity index (χ3n) is 3.38. The molecule has 6 nitrogen and oxygen atoms in total. The largest absolute Gasteiger partial charge is 0.478 e. The first-order valence-corrected chi connectivity index (χ1v) is 8.53. The summed E-state index contributed by atoms with van der Waals surface area (Å²) in [5.74, 6) is 1.20. The second-order valence-electron chi connectivity index (χ2n) is 5.32. The van der Waals surface area contributed by atoms with Gasteiger partial charge in [0.15, 0.2) is 0 Å². The molecule has 0 radical (unpaired) electrons. The first-order valence-electron chi connectivity index (χ1n) is 7.74. The summed E-state index contributed by atoms with van der Waals surface area (Å²) < 4.78 is 7.84.